The second kappa shape index (κ2) is 6.03. The number of benzene rings is 1. The summed E-state index contributed by atoms with van der Waals surface area (Å²) >= 11 is 0. The molecule has 0 heterocycles. The first-order chi connectivity index (χ1) is 8.73. The molecule has 1 aromatic rings. The van der Waals surface area contributed by atoms with Gasteiger partial charge in [0.1, 0.15) is 0 Å². The van der Waals surface area contributed by atoms with E-state index in [1.807, 2.05) is 0 Å². The Morgan fingerprint density at radius 1 is 1.42 bits per heavy atom. The van der Waals surface area contributed by atoms with E-state index in [1.54, 1.807) is 32.0 Å². The molecule has 0 aliphatic rings. The van der Waals surface area contributed by atoms with E-state index in [2.05, 4.69) is 10.0 Å². The zero-order valence-corrected chi connectivity index (χ0v) is 12.0. The lowest BCUT2D eigenvalue weighted by Gasteiger charge is -2.12. The lowest BCUT2D eigenvalue weighted by molar-refractivity contribution is -0.119. The minimum atomic E-state index is -3.31. The third-order valence-corrected chi connectivity index (χ3v) is 3.18. The molecular weight excluding hydrogens is 266 g/mol. The molecule has 6 nitrogen and oxygen atoms in total. The lowest BCUT2D eigenvalue weighted by atomic mass is 10.1. The Kier molecular flexibility index (Phi) is 4.90. The maximum absolute atomic E-state index is 11.7. The van der Waals surface area contributed by atoms with Gasteiger partial charge in [-0.3, -0.25) is 9.52 Å². The predicted octanol–water partition coefficient (Wildman–Crippen LogP) is 0.900. The van der Waals surface area contributed by atoms with Gasteiger partial charge >= 0.3 is 0 Å². The van der Waals surface area contributed by atoms with Crippen molar-refractivity contribution < 1.29 is 13.2 Å². The van der Waals surface area contributed by atoms with Crippen molar-refractivity contribution in [3.63, 3.8) is 0 Å². The SMILES string of the molecule is Cc1cc(NC(=O)C(C)CN)ccc1NS(C)(=O)=O. The number of hydrogen-bond acceptors (Lipinski definition) is 4. The Balaban J connectivity index is 2.86. The number of carbonyl (C=O) groups excluding carboxylic acids is 1. The summed E-state index contributed by atoms with van der Waals surface area (Å²) in [4.78, 5) is 11.7. The first-order valence-electron chi connectivity index (χ1n) is 5.82. The van der Waals surface area contributed by atoms with Crippen LogP contribution in [0.3, 0.4) is 0 Å². The van der Waals surface area contributed by atoms with Crippen LogP contribution in [0.2, 0.25) is 0 Å². The van der Waals surface area contributed by atoms with Gasteiger partial charge < -0.3 is 11.1 Å². The number of nitrogens with one attached hydrogen (secondary N) is 2. The summed E-state index contributed by atoms with van der Waals surface area (Å²) in [5.74, 6) is -0.431. The minimum absolute atomic E-state index is 0.161. The molecule has 19 heavy (non-hydrogen) atoms. The summed E-state index contributed by atoms with van der Waals surface area (Å²) in [7, 11) is -3.31. The second-order valence-electron chi connectivity index (χ2n) is 4.53. The van der Waals surface area contributed by atoms with E-state index in [0.717, 1.165) is 11.8 Å². The maximum atomic E-state index is 11.7. The highest BCUT2D eigenvalue weighted by Crippen LogP contribution is 2.20. The molecule has 1 amide bonds. The van der Waals surface area contributed by atoms with Gasteiger partial charge in [0, 0.05) is 18.2 Å². The van der Waals surface area contributed by atoms with Crippen LogP contribution in [0.15, 0.2) is 18.2 Å². The molecule has 106 valence electrons. The highest BCUT2D eigenvalue weighted by molar-refractivity contribution is 7.92. The quantitative estimate of drug-likeness (QED) is 0.748. The van der Waals surface area contributed by atoms with E-state index in [1.165, 1.54) is 0 Å². The normalized spacial score (nSPS) is 12.8. The van der Waals surface area contributed by atoms with Crippen molar-refractivity contribution in [2.45, 2.75) is 13.8 Å². The average Bonchev–Trinajstić information content (AvgIpc) is 2.30. The van der Waals surface area contributed by atoms with E-state index in [0.29, 0.717) is 11.4 Å². The highest BCUT2D eigenvalue weighted by atomic mass is 32.2. The molecule has 0 spiro atoms. The number of carbonyl (C=O) groups is 1. The van der Waals surface area contributed by atoms with Crippen molar-refractivity contribution in [1.29, 1.82) is 0 Å². The fourth-order valence-corrected chi connectivity index (χ4v) is 2.06. The highest BCUT2D eigenvalue weighted by Gasteiger charge is 2.12. The maximum Gasteiger partial charge on any atom is 0.229 e. The second-order valence-corrected chi connectivity index (χ2v) is 6.28. The molecule has 0 bridgehead atoms. The van der Waals surface area contributed by atoms with Gasteiger partial charge in [-0.15, -0.1) is 0 Å². The van der Waals surface area contributed by atoms with Gasteiger partial charge in [-0.25, -0.2) is 8.42 Å². The molecule has 0 saturated heterocycles. The molecular formula is C12H19N3O3S. The third kappa shape index (κ3) is 4.88. The summed E-state index contributed by atoms with van der Waals surface area (Å²) in [6.45, 7) is 3.77. The van der Waals surface area contributed by atoms with Gasteiger partial charge in [0.15, 0.2) is 0 Å². The summed E-state index contributed by atoms with van der Waals surface area (Å²) in [5, 5.41) is 2.73. The Labute approximate surface area is 113 Å². The van der Waals surface area contributed by atoms with Crippen LogP contribution in [0.5, 0.6) is 0 Å². The molecule has 0 radical (unpaired) electrons. The molecule has 1 unspecified atom stereocenters. The van der Waals surface area contributed by atoms with Crippen LogP contribution in [-0.4, -0.2) is 27.1 Å². The van der Waals surface area contributed by atoms with Crippen molar-refractivity contribution in [2.75, 3.05) is 22.8 Å². The van der Waals surface area contributed by atoms with Crippen molar-refractivity contribution >= 4 is 27.3 Å². The van der Waals surface area contributed by atoms with Crippen molar-refractivity contribution in [2.24, 2.45) is 11.7 Å². The van der Waals surface area contributed by atoms with E-state index >= 15 is 0 Å². The Morgan fingerprint density at radius 3 is 2.53 bits per heavy atom. The van der Waals surface area contributed by atoms with E-state index < -0.39 is 10.0 Å². The molecule has 0 saturated carbocycles. The standard InChI is InChI=1S/C12H19N3O3S/c1-8-6-10(14-12(16)9(2)7-13)4-5-11(8)15-19(3,17)18/h4-6,9,15H,7,13H2,1-3H3,(H,14,16). The Bertz CT molecular complexity index is 570. The summed E-state index contributed by atoms with van der Waals surface area (Å²) in [5.41, 5.74) is 7.24. The number of nitrogens with two attached hydrogens (primary N) is 1. The number of anilines is 2. The van der Waals surface area contributed by atoms with Crippen LogP contribution in [0, 0.1) is 12.8 Å². The zero-order chi connectivity index (χ0) is 14.6. The van der Waals surface area contributed by atoms with Gasteiger partial charge in [0.25, 0.3) is 0 Å². The van der Waals surface area contributed by atoms with Gasteiger partial charge in [-0.1, -0.05) is 6.92 Å². The van der Waals surface area contributed by atoms with Crippen LogP contribution < -0.4 is 15.8 Å². The minimum Gasteiger partial charge on any atom is -0.330 e. The lowest BCUT2D eigenvalue weighted by Crippen LogP contribution is -2.26. The molecule has 0 aliphatic heterocycles. The van der Waals surface area contributed by atoms with Crippen LogP contribution in [0.4, 0.5) is 11.4 Å². The number of aryl methyl sites for hydroxylation is 1. The molecule has 0 aromatic heterocycles. The third-order valence-electron chi connectivity index (χ3n) is 2.59. The zero-order valence-electron chi connectivity index (χ0n) is 11.2. The van der Waals surface area contributed by atoms with Crippen LogP contribution >= 0.6 is 0 Å². The topological polar surface area (TPSA) is 101 Å². The molecule has 0 aliphatic carbocycles. The Morgan fingerprint density at radius 2 is 2.05 bits per heavy atom. The van der Waals surface area contributed by atoms with Crippen molar-refractivity contribution in [1.82, 2.24) is 0 Å². The van der Waals surface area contributed by atoms with Gasteiger partial charge in [-0.2, -0.15) is 0 Å². The van der Waals surface area contributed by atoms with Crippen molar-refractivity contribution in [3.05, 3.63) is 23.8 Å². The van der Waals surface area contributed by atoms with E-state index in [4.69, 9.17) is 5.73 Å². The molecule has 4 N–H and O–H groups in total. The average molecular weight is 285 g/mol. The van der Waals surface area contributed by atoms with E-state index in [9.17, 15) is 13.2 Å². The fourth-order valence-electron chi connectivity index (χ4n) is 1.43. The number of hydrogen-bond donors (Lipinski definition) is 3. The molecule has 1 rings (SSSR count). The first kappa shape index (κ1) is 15.5. The smallest absolute Gasteiger partial charge is 0.229 e. The summed E-state index contributed by atoms with van der Waals surface area (Å²) < 4.78 is 24.7. The Hall–Kier alpha value is -1.60. The molecule has 7 heteroatoms. The van der Waals surface area contributed by atoms with Crippen LogP contribution in [0.1, 0.15) is 12.5 Å². The largest absolute Gasteiger partial charge is 0.330 e. The fraction of sp³-hybridized carbons (Fsp3) is 0.417. The van der Waals surface area contributed by atoms with E-state index in [-0.39, 0.29) is 18.4 Å². The molecule has 0 fully saturated rings. The van der Waals surface area contributed by atoms with Gasteiger partial charge in [-0.05, 0) is 30.7 Å². The van der Waals surface area contributed by atoms with Crippen LogP contribution in [-0.2, 0) is 14.8 Å². The molecule has 1 aromatic carbocycles. The summed E-state index contributed by atoms with van der Waals surface area (Å²) in [6.07, 6.45) is 1.09. The number of amides is 1. The molecule has 1 atom stereocenters. The van der Waals surface area contributed by atoms with Crippen molar-refractivity contribution in [3.8, 4) is 0 Å². The monoisotopic (exact) mass is 285 g/mol. The first-order valence-corrected chi connectivity index (χ1v) is 7.71. The summed E-state index contributed by atoms with van der Waals surface area (Å²) in [6, 6.07) is 4.95. The number of rotatable bonds is 5. The van der Waals surface area contributed by atoms with Crippen LogP contribution in [0.25, 0.3) is 0 Å². The number of sulfonamides is 1. The van der Waals surface area contributed by atoms with Gasteiger partial charge in [0.05, 0.1) is 11.9 Å². The van der Waals surface area contributed by atoms with Gasteiger partial charge in [0.2, 0.25) is 15.9 Å². The predicted molar refractivity (Wildman–Crippen MR) is 76.5 cm³/mol.